The predicted molar refractivity (Wildman–Crippen MR) is 69.5 cm³/mol. The molecule has 1 fully saturated rings. The van der Waals surface area contributed by atoms with Crippen molar-refractivity contribution in [2.45, 2.75) is 18.9 Å². The molecule has 4 heteroatoms. The molecule has 3 N–H and O–H groups in total. The molecule has 1 aliphatic heterocycles. The van der Waals surface area contributed by atoms with Crippen LogP contribution in [0.5, 0.6) is 5.75 Å². The molecule has 0 bridgehead atoms. The molecule has 100 valence electrons. The molecule has 1 heterocycles. The Bertz CT molecular complexity index is 388. The summed E-state index contributed by atoms with van der Waals surface area (Å²) in [5.74, 6) is 0.712. The average Bonchev–Trinajstić information content (AvgIpc) is 2.47. The highest BCUT2D eigenvalue weighted by Crippen LogP contribution is 2.44. The summed E-state index contributed by atoms with van der Waals surface area (Å²) in [6.45, 7) is 1.77. The predicted octanol–water partition coefficient (Wildman–Crippen LogP) is 1.48. The van der Waals surface area contributed by atoms with Gasteiger partial charge in [-0.1, -0.05) is 18.2 Å². The first-order valence-corrected chi connectivity index (χ1v) is 6.32. The van der Waals surface area contributed by atoms with E-state index < -0.39 is 6.10 Å². The first kappa shape index (κ1) is 13.3. The van der Waals surface area contributed by atoms with Gasteiger partial charge >= 0.3 is 0 Å². The number of benzene rings is 1. The zero-order valence-corrected chi connectivity index (χ0v) is 10.8. The lowest BCUT2D eigenvalue weighted by atomic mass is 9.73. The number of rotatable bonds is 4. The third kappa shape index (κ3) is 2.36. The fourth-order valence-electron chi connectivity index (χ4n) is 2.59. The number of ether oxygens (including phenoxy) is 2. The second kappa shape index (κ2) is 5.69. The summed E-state index contributed by atoms with van der Waals surface area (Å²) >= 11 is 0. The Morgan fingerprint density at radius 2 is 2.06 bits per heavy atom. The van der Waals surface area contributed by atoms with Gasteiger partial charge in [0.15, 0.2) is 0 Å². The Balaban J connectivity index is 2.30. The minimum Gasteiger partial charge on any atom is -0.496 e. The molecule has 2 rings (SSSR count). The van der Waals surface area contributed by atoms with Gasteiger partial charge in [-0.3, -0.25) is 0 Å². The van der Waals surface area contributed by atoms with Gasteiger partial charge in [0, 0.05) is 30.7 Å². The highest BCUT2D eigenvalue weighted by atomic mass is 16.5. The largest absolute Gasteiger partial charge is 0.496 e. The Morgan fingerprint density at radius 3 is 2.67 bits per heavy atom. The summed E-state index contributed by atoms with van der Waals surface area (Å²) in [6, 6.07) is 7.57. The Kier molecular flexibility index (Phi) is 4.22. The van der Waals surface area contributed by atoms with Crippen molar-refractivity contribution in [3.8, 4) is 5.75 Å². The number of hydrogen-bond donors (Lipinski definition) is 2. The van der Waals surface area contributed by atoms with Crippen molar-refractivity contribution in [1.82, 2.24) is 0 Å². The van der Waals surface area contributed by atoms with Crippen LogP contribution in [0.15, 0.2) is 24.3 Å². The molecule has 0 saturated carbocycles. The van der Waals surface area contributed by atoms with Crippen molar-refractivity contribution in [2.24, 2.45) is 11.1 Å². The van der Waals surface area contributed by atoms with Crippen molar-refractivity contribution in [2.75, 3.05) is 26.9 Å². The molecule has 0 spiro atoms. The van der Waals surface area contributed by atoms with E-state index in [1.54, 1.807) is 7.11 Å². The molecule has 1 aromatic rings. The third-order valence-corrected chi connectivity index (χ3v) is 3.91. The van der Waals surface area contributed by atoms with E-state index in [0.717, 1.165) is 18.4 Å². The fraction of sp³-hybridized carbons (Fsp3) is 0.571. The number of nitrogens with two attached hydrogens (primary N) is 1. The van der Waals surface area contributed by atoms with E-state index in [9.17, 15) is 5.11 Å². The minimum absolute atomic E-state index is 0.299. The van der Waals surface area contributed by atoms with Crippen molar-refractivity contribution < 1.29 is 14.6 Å². The molecule has 4 nitrogen and oxygen atoms in total. The lowest BCUT2D eigenvalue weighted by molar-refractivity contribution is -0.0588. The van der Waals surface area contributed by atoms with Gasteiger partial charge in [-0.15, -0.1) is 0 Å². The summed E-state index contributed by atoms with van der Waals surface area (Å²) in [4.78, 5) is 0. The van der Waals surface area contributed by atoms with Gasteiger partial charge in [0.25, 0.3) is 0 Å². The van der Waals surface area contributed by atoms with E-state index in [1.807, 2.05) is 24.3 Å². The van der Waals surface area contributed by atoms with Crippen molar-refractivity contribution in [1.29, 1.82) is 0 Å². The van der Waals surface area contributed by atoms with Crippen LogP contribution in [0.1, 0.15) is 24.5 Å². The molecule has 1 atom stereocenters. The lowest BCUT2D eigenvalue weighted by Gasteiger charge is -2.40. The highest BCUT2D eigenvalue weighted by Gasteiger charge is 2.40. The Morgan fingerprint density at radius 1 is 1.39 bits per heavy atom. The molecular formula is C14H21NO3. The van der Waals surface area contributed by atoms with Crippen LogP contribution in [0.3, 0.4) is 0 Å². The monoisotopic (exact) mass is 251 g/mol. The van der Waals surface area contributed by atoms with Gasteiger partial charge in [0.1, 0.15) is 5.75 Å². The minimum atomic E-state index is -0.609. The molecule has 18 heavy (non-hydrogen) atoms. The van der Waals surface area contributed by atoms with Crippen LogP contribution in [0, 0.1) is 5.41 Å². The van der Waals surface area contributed by atoms with Crippen LogP contribution in [0.4, 0.5) is 0 Å². The second-order valence-electron chi connectivity index (χ2n) is 4.82. The maximum absolute atomic E-state index is 10.7. The van der Waals surface area contributed by atoms with Crippen LogP contribution in [0.25, 0.3) is 0 Å². The second-order valence-corrected chi connectivity index (χ2v) is 4.82. The molecule has 0 radical (unpaired) electrons. The number of methoxy groups -OCH3 is 1. The molecule has 0 unspecified atom stereocenters. The van der Waals surface area contributed by atoms with E-state index in [2.05, 4.69) is 0 Å². The molecule has 1 saturated heterocycles. The molecular weight excluding hydrogens is 230 g/mol. The van der Waals surface area contributed by atoms with E-state index in [4.69, 9.17) is 15.2 Å². The van der Waals surface area contributed by atoms with Crippen LogP contribution < -0.4 is 10.5 Å². The van der Waals surface area contributed by atoms with Gasteiger partial charge in [-0.2, -0.15) is 0 Å². The summed E-state index contributed by atoms with van der Waals surface area (Å²) < 4.78 is 10.7. The zero-order valence-electron chi connectivity index (χ0n) is 10.8. The first-order chi connectivity index (χ1) is 8.73. The van der Waals surface area contributed by atoms with Gasteiger partial charge in [0.05, 0.1) is 13.2 Å². The Labute approximate surface area is 108 Å². The van der Waals surface area contributed by atoms with Crippen molar-refractivity contribution >= 4 is 0 Å². The van der Waals surface area contributed by atoms with Gasteiger partial charge < -0.3 is 20.3 Å². The number of para-hydroxylation sites is 1. The normalized spacial score (nSPS) is 20.4. The van der Waals surface area contributed by atoms with Crippen LogP contribution in [-0.4, -0.2) is 32.0 Å². The summed E-state index contributed by atoms with van der Waals surface area (Å²) in [5, 5.41) is 10.7. The van der Waals surface area contributed by atoms with Gasteiger partial charge in [-0.05, 0) is 18.9 Å². The van der Waals surface area contributed by atoms with E-state index in [-0.39, 0.29) is 5.41 Å². The maximum Gasteiger partial charge on any atom is 0.124 e. The summed E-state index contributed by atoms with van der Waals surface area (Å²) in [6.07, 6.45) is 0.952. The Hall–Kier alpha value is -1.10. The van der Waals surface area contributed by atoms with Crippen LogP contribution in [0.2, 0.25) is 0 Å². The van der Waals surface area contributed by atoms with Crippen molar-refractivity contribution in [3.63, 3.8) is 0 Å². The van der Waals surface area contributed by atoms with Crippen LogP contribution in [-0.2, 0) is 4.74 Å². The molecule has 0 aromatic heterocycles. The molecule has 0 amide bonds. The standard InChI is InChI=1S/C14H21NO3/c1-17-12-5-3-2-4-11(12)13(16)14(10-15)6-8-18-9-7-14/h2-5,13,16H,6-10,15H2,1H3/t13-/m0/s1. The first-order valence-electron chi connectivity index (χ1n) is 6.32. The highest BCUT2D eigenvalue weighted by molar-refractivity contribution is 5.36. The summed E-state index contributed by atoms with van der Waals surface area (Å²) in [7, 11) is 1.62. The smallest absolute Gasteiger partial charge is 0.124 e. The fourth-order valence-corrected chi connectivity index (χ4v) is 2.59. The maximum atomic E-state index is 10.7. The van der Waals surface area contributed by atoms with E-state index in [1.165, 1.54) is 0 Å². The third-order valence-electron chi connectivity index (χ3n) is 3.91. The number of aliphatic hydroxyl groups excluding tert-OH is 1. The number of hydrogen-bond acceptors (Lipinski definition) is 4. The lowest BCUT2D eigenvalue weighted by Crippen LogP contribution is -2.41. The quantitative estimate of drug-likeness (QED) is 0.851. The van der Waals surface area contributed by atoms with E-state index >= 15 is 0 Å². The number of aliphatic hydroxyl groups is 1. The van der Waals surface area contributed by atoms with Crippen molar-refractivity contribution in [3.05, 3.63) is 29.8 Å². The van der Waals surface area contributed by atoms with Gasteiger partial charge in [0.2, 0.25) is 0 Å². The molecule has 1 aliphatic rings. The zero-order chi connectivity index (χ0) is 13.0. The van der Waals surface area contributed by atoms with Gasteiger partial charge in [-0.25, -0.2) is 0 Å². The topological polar surface area (TPSA) is 64.7 Å². The SMILES string of the molecule is COc1ccccc1[C@H](O)C1(CN)CCOCC1. The van der Waals surface area contributed by atoms with E-state index in [0.29, 0.717) is 25.5 Å². The molecule has 0 aliphatic carbocycles. The molecule has 1 aromatic carbocycles. The summed E-state index contributed by atoms with van der Waals surface area (Å²) in [5.41, 5.74) is 6.43. The van der Waals surface area contributed by atoms with Crippen LogP contribution >= 0.6 is 0 Å². The average molecular weight is 251 g/mol.